The van der Waals surface area contributed by atoms with E-state index >= 15 is 0 Å². The first kappa shape index (κ1) is 25.2. The van der Waals surface area contributed by atoms with Gasteiger partial charge in [-0.05, 0) is 32.0 Å². The number of hydrogen-bond acceptors (Lipinski definition) is 9. The number of aromatic nitrogens is 1. The Labute approximate surface area is 219 Å². The minimum Gasteiger partial charge on any atom is -0.475 e. The highest BCUT2D eigenvalue weighted by Gasteiger charge is 2.23. The zero-order valence-electron chi connectivity index (χ0n) is 21.6. The molecule has 4 aliphatic rings. The summed E-state index contributed by atoms with van der Waals surface area (Å²) < 4.78 is 17.8. The fourth-order valence-corrected chi connectivity index (χ4v) is 4.86. The van der Waals surface area contributed by atoms with E-state index in [1.165, 1.54) is 5.57 Å². The van der Waals surface area contributed by atoms with Crippen molar-refractivity contribution in [2.24, 2.45) is 0 Å². The van der Waals surface area contributed by atoms with E-state index in [1.54, 1.807) is 12.5 Å². The first-order valence-electron chi connectivity index (χ1n) is 13.2. The highest BCUT2D eigenvalue weighted by Crippen LogP contribution is 2.25. The van der Waals surface area contributed by atoms with Crippen molar-refractivity contribution in [2.75, 3.05) is 77.5 Å². The van der Waals surface area contributed by atoms with Crippen molar-refractivity contribution >= 4 is 5.82 Å². The van der Waals surface area contributed by atoms with Crippen LogP contribution in [-0.2, 0) is 9.47 Å². The Balaban J connectivity index is 1.05. The molecule has 0 atom stereocenters. The highest BCUT2D eigenvalue weighted by molar-refractivity contribution is 5.48. The van der Waals surface area contributed by atoms with Crippen molar-refractivity contribution in [2.45, 2.75) is 19.3 Å². The fourth-order valence-electron chi connectivity index (χ4n) is 4.86. The molecule has 0 aromatic carbocycles. The molecule has 196 valence electrons. The van der Waals surface area contributed by atoms with Crippen LogP contribution in [0.3, 0.4) is 0 Å². The number of nitriles is 1. The lowest BCUT2D eigenvalue weighted by molar-refractivity contribution is 0.0766. The van der Waals surface area contributed by atoms with Gasteiger partial charge in [0.1, 0.15) is 36.1 Å². The lowest BCUT2D eigenvalue weighted by Crippen LogP contribution is -2.47. The van der Waals surface area contributed by atoms with Crippen molar-refractivity contribution in [3.05, 3.63) is 65.7 Å². The summed E-state index contributed by atoms with van der Waals surface area (Å²) in [6, 6.07) is 5.95. The third-order valence-electron chi connectivity index (χ3n) is 7.25. The molecule has 9 heteroatoms. The summed E-state index contributed by atoms with van der Waals surface area (Å²) in [5, 5.41) is 9.51. The van der Waals surface area contributed by atoms with E-state index in [2.05, 4.69) is 55.9 Å². The molecule has 3 aliphatic heterocycles. The Bertz CT molecular complexity index is 1110. The van der Waals surface area contributed by atoms with Gasteiger partial charge in [0.25, 0.3) is 0 Å². The number of hydrogen-bond donors (Lipinski definition) is 0. The number of nitrogens with zero attached hydrogens (tertiary/aromatic N) is 6. The maximum atomic E-state index is 9.51. The third kappa shape index (κ3) is 6.64. The van der Waals surface area contributed by atoms with Crippen LogP contribution in [0.2, 0.25) is 0 Å². The Morgan fingerprint density at radius 1 is 1.00 bits per heavy atom. The van der Waals surface area contributed by atoms with Crippen LogP contribution in [-0.4, -0.2) is 92.2 Å². The van der Waals surface area contributed by atoms with Crippen LogP contribution < -0.4 is 9.64 Å². The van der Waals surface area contributed by atoms with Gasteiger partial charge >= 0.3 is 0 Å². The lowest BCUT2D eigenvalue weighted by atomic mass is 10.0. The quantitative estimate of drug-likeness (QED) is 0.531. The smallest absolute Gasteiger partial charge is 0.233 e. The zero-order valence-corrected chi connectivity index (χ0v) is 21.6. The minimum absolute atomic E-state index is 0.429. The maximum absolute atomic E-state index is 9.51. The number of allylic oxidation sites excluding steroid dienone is 4. The second-order valence-electron chi connectivity index (χ2n) is 9.85. The molecule has 1 aromatic heterocycles. The van der Waals surface area contributed by atoms with Gasteiger partial charge in [-0.1, -0.05) is 23.8 Å². The average molecular weight is 505 g/mol. The molecule has 5 rings (SSSR count). The van der Waals surface area contributed by atoms with E-state index in [1.807, 2.05) is 12.1 Å². The van der Waals surface area contributed by atoms with Crippen molar-refractivity contribution in [1.29, 1.82) is 5.26 Å². The SMILES string of the molecule is CN1CCN(c2ccc(C#N)c(OCCN3CCN(C4=COC(CC5=CC=CCC5)=CO4)CC3)n2)CC1. The van der Waals surface area contributed by atoms with Crippen molar-refractivity contribution in [3.8, 4) is 11.9 Å². The van der Waals surface area contributed by atoms with E-state index in [0.29, 0.717) is 18.1 Å². The second-order valence-corrected chi connectivity index (χ2v) is 9.85. The van der Waals surface area contributed by atoms with Gasteiger partial charge in [-0.15, -0.1) is 0 Å². The third-order valence-corrected chi connectivity index (χ3v) is 7.25. The molecule has 1 aromatic rings. The Hall–Kier alpha value is -3.48. The van der Waals surface area contributed by atoms with Gasteiger partial charge in [-0.25, -0.2) is 0 Å². The summed E-state index contributed by atoms with van der Waals surface area (Å²) >= 11 is 0. The van der Waals surface area contributed by atoms with Crippen LogP contribution in [0.4, 0.5) is 5.82 Å². The molecular weight excluding hydrogens is 468 g/mol. The van der Waals surface area contributed by atoms with Crippen LogP contribution in [0, 0.1) is 11.3 Å². The van der Waals surface area contributed by atoms with Crippen LogP contribution in [0.15, 0.2) is 60.1 Å². The van der Waals surface area contributed by atoms with E-state index in [9.17, 15) is 5.26 Å². The fraction of sp³-hybridized carbons (Fsp3) is 0.500. The lowest BCUT2D eigenvalue weighted by Gasteiger charge is -2.36. The standard InChI is InChI=1S/C28H36N6O3/c1-31-9-13-33(14-10-31)26-8-7-24(20-29)28(30-26)35-18-17-32-11-15-34(16-12-32)27-22-36-25(21-37-27)19-23-5-3-2-4-6-23/h2-3,5,7-8,21-22H,4,6,9-19H2,1H3. The van der Waals surface area contributed by atoms with E-state index in [-0.39, 0.29) is 0 Å². The van der Waals surface area contributed by atoms with Crippen LogP contribution >= 0.6 is 0 Å². The molecule has 0 radical (unpaired) electrons. The van der Waals surface area contributed by atoms with E-state index in [4.69, 9.17) is 14.2 Å². The molecular formula is C28H36N6O3. The van der Waals surface area contributed by atoms with Crippen molar-refractivity contribution in [3.63, 3.8) is 0 Å². The molecule has 2 fully saturated rings. The molecule has 0 bridgehead atoms. The number of piperazine rings is 2. The number of likely N-dealkylation sites (N-methyl/N-ethyl adjacent to an activating group) is 1. The summed E-state index contributed by atoms with van der Waals surface area (Å²) in [7, 11) is 2.13. The molecule has 0 saturated carbocycles. The van der Waals surface area contributed by atoms with Crippen LogP contribution in [0.1, 0.15) is 24.8 Å². The molecule has 37 heavy (non-hydrogen) atoms. The van der Waals surface area contributed by atoms with Crippen LogP contribution in [0.5, 0.6) is 5.88 Å². The van der Waals surface area contributed by atoms with Gasteiger partial charge in [-0.3, -0.25) is 4.90 Å². The molecule has 0 amide bonds. The monoisotopic (exact) mass is 504 g/mol. The van der Waals surface area contributed by atoms with Gasteiger partial charge < -0.3 is 28.9 Å². The Morgan fingerprint density at radius 2 is 1.81 bits per heavy atom. The summed E-state index contributed by atoms with van der Waals surface area (Å²) in [5.41, 5.74) is 1.85. The zero-order chi connectivity index (χ0) is 25.5. The second kappa shape index (κ2) is 12.2. The van der Waals surface area contributed by atoms with E-state index in [0.717, 1.165) is 95.6 Å². The number of ether oxygens (including phenoxy) is 3. The van der Waals surface area contributed by atoms with Gasteiger partial charge in [-0.2, -0.15) is 10.2 Å². The topological polar surface area (TPSA) is 77.3 Å². The van der Waals surface area contributed by atoms with Crippen molar-refractivity contribution < 1.29 is 14.2 Å². The predicted molar refractivity (Wildman–Crippen MR) is 142 cm³/mol. The molecule has 0 N–H and O–H groups in total. The van der Waals surface area contributed by atoms with Crippen molar-refractivity contribution in [1.82, 2.24) is 19.7 Å². The molecule has 9 nitrogen and oxygen atoms in total. The van der Waals surface area contributed by atoms with Gasteiger partial charge in [0.05, 0.1) is 0 Å². The van der Waals surface area contributed by atoms with E-state index < -0.39 is 0 Å². The number of rotatable bonds is 8. The largest absolute Gasteiger partial charge is 0.475 e. The first-order valence-corrected chi connectivity index (χ1v) is 13.2. The first-order chi connectivity index (χ1) is 18.2. The van der Waals surface area contributed by atoms with Gasteiger partial charge in [0, 0.05) is 65.3 Å². The minimum atomic E-state index is 0.429. The predicted octanol–water partition coefficient (Wildman–Crippen LogP) is 3.06. The normalized spacial score (nSPS) is 20.8. The van der Waals surface area contributed by atoms with Crippen LogP contribution in [0.25, 0.3) is 0 Å². The summed E-state index contributed by atoms with van der Waals surface area (Å²) in [4.78, 5) is 13.8. The average Bonchev–Trinajstić information content (AvgIpc) is 2.95. The number of anilines is 1. The maximum Gasteiger partial charge on any atom is 0.233 e. The summed E-state index contributed by atoms with van der Waals surface area (Å²) in [5.74, 6) is 2.92. The molecule has 0 unspecified atom stereocenters. The molecule has 4 heterocycles. The Morgan fingerprint density at radius 3 is 2.51 bits per heavy atom. The molecule has 0 spiro atoms. The molecule has 2 saturated heterocycles. The summed E-state index contributed by atoms with van der Waals surface area (Å²) in [6.07, 6.45) is 12.9. The Kier molecular flexibility index (Phi) is 8.28. The summed E-state index contributed by atoms with van der Waals surface area (Å²) in [6.45, 7) is 8.66. The van der Waals surface area contributed by atoms with Gasteiger partial charge in [0.2, 0.25) is 11.8 Å². The number of pyridine rings is 1. The highest BCUT2D eigenvalue weighted by atomic mass is 16.6. The van der Waals surface area contributed by atoms with Gasteiger partial charge in [0.15, 0.2) is 6.26 Å². The molecule has 1 aliphatic carbocycles.